The normalized spacial score (nSPS) is 13.1. The average molecular weight is 709 g/mol. The highest BCUT2D eigenvalue weighted by Gasteiger charge is 2.38. The van der Waals surface area contributed by atoms with Crippen molar-refractivity contribution in [2.24, 2.45) is 0 Å². The predicted octanol–water partition coefficient (Wildman–Crippen LogP) is 12.6. The smallest absolute Gasteiger partial charge is 0.182 e. The zero-order valence-corrected chi connectivity index (χ0v) is 30.1. The van der Waals surface area contributed by atoms with E-state index in [1.54, 1.807) is 0 Å². The van der Waals surface area contributed by atoms with Gasteiger partial charge in [-0.3, -0.25) is 0 Å². The number of rotatable bonds is 5. The number of furan rings is 1. The SMILES string of the molecule is CC1(C)c2cc(-c3ccc(-c4cccc(-c5nc(-c6ccccc6)nc(-c6ccccc6)n5)c4)c4c3oc3ccccc34)ccc2-c2c1ccc1ncoc21. The van der Waals surface area contributed by atoms with Crippen molar-refractivity contribution in [3.63, 3.8) is 0 Å². The summed E-state index contributed by atoms with van der Waals surface area (Å²) in [7, 11) is 0. The average Bonchev–Trinajstić information content (AvgIpc) is 3.94. The number of hydrogen-bond acceptors (Lipinski definition) is 6. The van der Waals surface area contributed by atoms with Gasteiger partial charge in [0.25, 0.3) is 0 Å². The summed E-state index contributed by atoms with van der Waals surface area (Å²) in [6.07, 6.45) is 1.54. The Labute approximate surface area is 316 Å². The third kappa shape index (κ3) is 4.88. The molecule has 260 valence electrons. The molecule has 11 rings (SSSR count). The van der Waals surface area contributed by atoms with E-state index >= 15 is 0 Å². The van der Waals surface area contributed by atoms with Crippen LogP contribution in [0.4, 0.5) is 0 Å². The maximum Gasteiger partial charge on any atom is 0.182 e. The molecule has 0 spiro atoms. The van der Waals surface area contributed by atoms with Crippen LogP contribution in [0.25, 0.3) is 101 Å². The first kappa shape index (κ1) is 31.4. The van der Waals surface area contributed by atoms with E-state index in [0.29, 0.717) is 17.5 Å². The molecule has 0 unspecified atom stereocenters. The number of oxazole rings is 1. The lowest BCUT2D eigenvalue weighted by Crippen LogP contribution is -2.14. The fourth-order valence-electron chi connectivity index (χ4n) is 8.37. The lowest BCUT2D eigenvalue weighted by molar-refractivity contribution is 0.601. The molecule has 7 aromatic carbocycles. The van der Waals surface area contributed by atoms with Gasteiger partial charge in [0, 0.05) is 44.0 Å². The van der Waals surface area contributed by atoms with Crippen LogP contribution in [0.3, 0.4) is 0 Å². The molecular formula is C49H32N4O2. The monoisotopic (exact) mass is 708 g/mol. The van der Waals surface area contributed by atoms with Crippen LogP contribution in [0, 0.1) is 0 Å². The molecule has 3 aromatic heterocycles. The van der Waals surface area contributed by atoms with Crippen molar-refractivity contribution in [3.8, 4) is 67.5 Å². The molecule has 6 heteroatoms. The molecule has 0 bridgehead atoms. The molecule has 1 aliphatic carbocycles. The second-order valence-corrected chi connectivity index (χ2v) is 14.7. The minimum Gasteiger partial charge on any atom is -0.455 e. The summed E-state index contributed by atoms with van der Waals surface area (Å²) in [5, 5.41) is 2.14. The van der Waals surface area contributed by atoms with Gasteiger partial charge in [-0.2, -0.15) is 0 Å². The van der Waals surface area contributed by atoms with E-state index in [-0.39, 0.29) is 5.41 Å². The quantitative estimate of drug-likeness (QED) is 0.177. The molecular weight excluding hydrogens is 677 g/mol. The summed E-state index contributed by atoms with van der Waals surface area (Å²) in [5.41, 5.74) is 15.1. The molecule has 0 radical (unpaired) electrons. The minimum atomic E-state index is -0.217. The summed E-state index contributed by atoms with van der Waals surface area (Å²) in [6.45, 7) is 4.57. The van der Waals surface area contributed by atoms with E-state index < -0.39 is 0 Å². The number of fused-ring (bicyclic) bond motifs is 8. The molecule has 0 saturated carbocycles. The van der Waals surface area contributed by atoms with Gasteiger partial charge in [0.05, 0.1) is 0 Å². The van der Waals surface area contributed by atoms with Crippen molar-refractivity contribution in [1.29, 1.82) is 0 Å². The maximum atomic E-state index is 6.77. The Kier molecular flexibility index (Phi) is 6.79. The van der Waals surface area contributed by atoms with Gasteiger partial charge in [0.1, 0.15) is 16.7 Å². The van der Waals surface area contributed by atoms with Crippen LogP contribution in [0.5, 0.6) is 0 Å². The third-order valence-corrected chi connectivity index (χ3v) is 11.1. The van der Waals surface area contributed by atoms with Gasteiger partial charge in [-0.05, 0) is 63.7 Å². The van der Waals surface area contributed by atoms with Gasteiger partial charge >= 0.3 is 0 Å². The van der Waals surface area contributed by atoms with E-state index in [1.165, 1.54) is 23.1 Å². The molecule has 10 aromatic rings. The minimum absolute atomic E-state index is 0.217. The van der Waals surface area contributed by atoms with Crippen molar-refractivity contribution in [3.05, 3.63) is 169 Å². The van der Waals surface area contributed by atoms with E-state index in [2.05, 4.69) is 97.7 Å². The topological polar surface area (TPSA) is 77.8 Å². The largest absolute Gasteiger partial charge is 0.455 e. The highest BCUT2D eigenvalue weighted by molar-refractivity contribution is 6.16. The Morgan fingerprint density at radius 2 is 1.09 bits per heavy atom. The Morgan fingerprint density at radius 1 is 0.473 bits per heavy atom. The molecule has 1 aliphatic rings. The van der Waals surface area contributed by atoms with Crippen molar-refractivity contribution >= 4 is 33.0 Å². The molecule has 0 saturated heterocycles. The fraction of sp³-hybridized carbons (Fsp3) is 0.0612. The summed E-state index contributed by atoms with van der Waals surface area (Å²) < 4.78 is 12.7. The van der Waals surface area contributed by atoms with Crippen LogP contribution >= 0.6 is 0 Å². The molecule has 0 atom stereocenters. The van der Waals surface area contributed by atoms with Gasteiger partial charge < -0.3 is 8.83 Å². The third-order valence-electron chi connectivity index (χ3n) is 11.1. The zero-order chi connectivity index (χ0) is 36.7. The number of aromatic nitrogens is 4. The Morgan fingerprint density at radius 3 is 1.85 bits per heavy atom. The second-order valence-electron chi connectivity index (χ2n) is 14.7. The fourth-order valence-corrected chi connectivity index (χ4v) is 8.37. The number of hydrogen-bond donors (Lipinski definition) is 0. The zero-order valence-electron chi connectivity index (χ0n) is 30.1. The number of para-hydroxylation sites is 1. The Hall–Kier alpha value is -7.18. The molecule has 0 N–H and O–H groups in total. The molecule has 55 heavy (non-hydrogen) atoms. The summed E-state index contributed by atoms with van der Waals surface area (Å²) in [6, 6.07) is 52.3. The van der Waals surface area contributed by atoms with Crippen LogP contribution in [0.1, 0.15) is 25.0 Å². The number of benzene rings is 7. The van der Waals surface area contributed by atoms with Gasteiger partial charge in [0.2, 0.25) is 0 Å². The number of nitrogens with zero attached hydrogens (tertiary/aromatic N) is 4. The predicted molar refractivity (Wildman–Crippen MR) is 219 cm³/mol. The van der Waals surface area contributed by atoms with Crippen molar-refractivity contribution < 1.29 is 8.83 Å². The standard InChI is InChI=1S/C49H32N4O2/c1-49(2)38-24-25-40-45(54-28-50-40)43(38)36-21-20-32(27-39(36)49)35-23-22-34(42-37-18-9-10-19-41(37)55-44(35)42)31-16-11-17-33(26-31)48-52-46(29-12-5-3-6-13-29)51-47(53-48)30-14-7-4-8-15-30/h3-28H,1-2H3. The van der Waals surface area contributed by atoms with E-state index in [9.17, 15) is 0 Å². The van der Waals surface area contributed by atoms with Crippen LogP contribution < -0.4 is 0 Å². The molecule has 3 heterocycles. The van der Waals surface area contributed by atoms with E-state index in [4.69, 9.17) is 23.8 Å². The highest BCUT2D eigenvalue weighted by Crippen LogP contribution is 2.53. The van der Waals surface area contributed by atoms with E-state index in [1.807, 2.05) is 72.8 Å². The van der Waals surface area contributed by atoms with Crippen LogP contribution in [0.2, 0.25) is 0 Å². The van der Waals surface area contributed by atoms with Gasteiger partial charge in [0.15, 0.2) is 29.4 Å². The van der Waals surface area contributed by atoms with Crippen molar-refractivity contribution in [2.75, 3.05) is 0 Å². The lowest BCUT2D eigenvalue weighted by atomic mass is 9.81. The van der Waals surface area contributed by atoms with Crippen molar-refractivity contribution in [2.45, 2.75) is 19.3 Å². The first-order valence-corrected chi connectivity index (χ1v) is 18.5. The van der Waals surface area contributed by atoms with Crippen LogP contribution in [-0.4, -0.2) is 19.9 Å². The Bertz CT molecular complexity index is 3070. The van der Waals surface area contributed by atoms with Gasteiger partial charge in [-0.15, -0.1) is 0 Å². The summed E-state index contributed by atoms with van der Waals surface area (Å²) >= 11 is 0. The summed E-state index contributed by atoms with van der Waals surface area (Å²) in [5.74, 6) is 1.88. The first-order valence-electron chi connectivity index (χ1n) is 18.5. The second kappa shape index (κ2) is 11.9. The molecule has 0 fully saturated rings. The maximum absolute atomic E-state index is 6.77. The lowest BCUT2D eigenvalue weighted by Gasteiger charge is -2.22. The summed E-state index contributed by atoms with van der Waals surface area (Å²) in [4.78, 5) is 19.4. The molecule has 6 nitrogen and oxygen atoms in total. The van der Waals surface area contributed by atoms with Crippen molar-refractivity contribution in [1.82, 2.24) is 19.9 Å². The molecule has 0 amide bonds. The molecule has 0 aliphatic heterocycles. The van der Waals surface area contributed by atoms with Gasteiger partial charge in [-0.25, -0.2) is 19.9 Å². The first-order chi connectivity index (χ1) is 27.0. The Balaban J connectivity index is 1.07. The van der Waals surface area contributed by atoms with Gasteiger partial charge in [-0.1, -0.05) is 135 Å². The van der Waals surface area contributed by atoms with E-state index in [0.717, 1.165) is 77.5 Å². The van der Waals surface area contributed by atoms with Crippen LogP contribution in [-0.2, 0) is 5.41 Å². The highest BCUT2D eigenvalue weighted by atomic mass is 16.3. The van der Waals surface area contributed by atoms with Crippen LogP contribution in [0.15, 0.2) is 167 Å².